The maximum absolute atomic E-state index is 13.8. The Kier molecular flexibility index (Phi) is 6.93. The summed E-state index contributed by atoms with van der Waals surface area (Å²) in [7, 11) is 1.64. The number of nitrogens with zero attached hydrogens (tertiary/aromatic N) is 3. The minimum Gasteiger partial charge on any atom is -0.337 e. The van der Waals surface area contributed by atoms with Crippen molar-refractivity contribution in [2.75, 3.05) is 12.8 Å². The molecule has 0 unspecified atom stereocenters. The van der Waals surface area contributed by atoms with Crippen LogP contribution in [0.3, 0.4) is 0 Å². The zero-order chi connectivity index (χ0) is 20.1. The highest BCUT2D eigenvalue weighted by molar-refractivity contribution is 7.99. The molecule has 146 valence electrons. The lowest BCUT2D eigenvalue weighted by molar-refractivity contribution is -0.127. The van der Waals surface area contributed by atoms with E-state index in [4.69, 9.17) is 27.7 Å². The highest BCUT2D eigenvalue weighted by Gasteiger charge is 2.16. The van der Waals surface area contributed by atoms with Crippen molar-refractivity contribution >= 4 is 40.9 Å². The van der Waals surface area contributed by atoms with Crippen LogP contribution in [-0.4, -0.2) is 33.7 Å². The third-order valence-corrected chi connectivity index (χ3v) is 5.54. The summed E-state index contributed by atoms with van der Waals surface area (Å²) in [5.74, 6) is 0.626. The second-order valence-corrected chi connectivity index (χ2v) is 7.73. The highest BCUT2D eigenvalue weighted by atomic mass is 35.5. The molecule has 2 aromatic carbocycles. The fourth-order valence-electron chi connectivity index (χ4n) is 2.38. The molecule has 0 aliphatic rings. The van der Waals surface area contributed by atoms with Crippen LogP contribution in [0.1, 0.15) is 11.5 Å². The summed E-state index contributed by atoms with van der Waals surface area (Å²) < 4.78 is 19.0. The molecule has 0 atom stereocenters. The average Bonchev–Trinajstić information content (AvgIpc) is 3.12. The summed E-state index contributed by atoms with van der Waals surface area (Å²) in [6, 6.07) is 11.7. The number of hydrogen-bond acceptors (Lipinski definition) is 5. The number of benzene rings is 2. The first-order chi connectivity index (χ1) is 13.5. The van der Waals surface area contributed by atoms with Gasteiger partial charge < -0.3 is 9.42 Å². The summed E-state index contributed by atoms with van der Waals surface area (Å²) in [5.41, 5.74) is 1.05. The van der Waals surface area contributed by atoms with Crippen LogP contribution < -0.4 is 0 Å². The minimum atomic E-state index is -0.376. The maximum atomic E-state index is 13.8. The van der Waals surface area contributed by atoms with Crippen molar-refractivity contribution in [3.05, 3.63) is 69.8 Å². The molecule has 0 fully saturated rings. The fourth-order valence-corrected chi connectivity index (χ4v) is 3.91. The van der Waals surface area contributed by atoms with Crippen molar-refractivity contribution in [1.29, 1.82) is 0 Å². The number of carbonyl (C=O) groups excluding carboxylic acids is 1. The van der Waals surface area contributed by atoms with Crippen molar-refractivity contribution in [3.8, 4) is 11.4 Å². The summed E-state index contributed by atoms with van der Waals surface area (Å²) >= 11 is 13.4. The summed E-state index contributed by atoms with van der Waals surface area (Å²) in [6.07, 6.45) is 0. The third kappa shape index (κ3) is 5.04. The number of amides is 1. The van der Waals surface area contributed by atoms with Crippen molar-refractivity contribution in [2.24, 2.45) is 0 Å². The zero-order valence-electron chi connectivity index (χ0n) is 14.9. The molecule has 0 N–H and O–H groups in total. The van der Waals surface area contributed by atoms with E-state index in [2.05, 4.69) is 10.1 Å². The van der Waals surface area contributed by atoms with Gasteiger partial charge in [-0.15, -0.1) is 11.8 Å². The van der Waals surface area contributed by atoms with Gasteiger partial charge in [0.15, 0.2) is 0 Å². The molecule has 0 radical (unpaired) electrons. The first-order valence-electron chi connectivity index (χ1n) is 8.28. The molecule has 0 spiro atoms. The van der Waals surface area contributed by atoms with Gasteiger partial charge >= 0.3 is 0 Å². The van der Waals surface area contributed by atoms with Crippen molar-refractivity contribution in [1.82, 2.24) is 15.0 Å². The molecule has 0 saturated carbocycles. The van der Waals surface area contributed by atoms with Crippen LogP contribution in [0, 0.1) is 5.82 Å². The number of aromatic nitrogens is 2. The van der Waals surface area contributed by atoms with Crippen LogP contribution in [-0.2, 0) is 17.1 Å². The smallest absolute Gasteiger partial charge is 0.246 e. The Balaban J connectivity index is 1.54. The molecule has 1 amide bonds. The van der Waals surface area contributed by atoms with Gasteiger partial charge in [0.1, 0.15) is 5.82 Å². The van der Waals surface area contributed by atoms with Crippen LogP contribution in [0.4, 0.5) is 4.39 Å². The molecule has 0 saturated heterocycles. The van der Waals surface area contributed by atoms with Crippen LogP contribution in [0.2, 0.25) is 10.0 Å². The summed E-state index contributed by atoms with van der Waals surface area (Å²) in [4.78, 5) is 18.1. The van der Waals surface area contributed by atoms with Gasteiger partial charge in [0.2, 0.25) is 17.6 Å². The van der Waals surface area contributed by atoms with E-state index in [0.29, 0.717) is 38.6 Å². The van der Waals surface area contributed by atoms with E-state index in [9.17, 15) is 9.18 Å². The van der Waals surface area contributed by atoms with E-state index in [-0.39, 0.29) is 24.0 Å². The minimum absolute atomic E-state index is 0.144. The Morgan fingerprint density at radius 1 is 1.18 bits per heavy atom. The van der Waals surface area contributed by atoms with Gasteiger partial charge in [0.05, 0.1) is 17.3 Å². The Bertz CT molecular complexity index is 963. The normalized spacial score (nSPS) is 10.9. The topological polar surface area (TPSA) is 59.2 Å². The highest BCUT2D eigenvalue weighted by Crippen LogP contribution is 2.26. The molecule has 3 aromatic rings. The first-order valence-corrected chi connectivity index (χ1v) is 10.2. The standard InChI is InChI=1S/C19H16Cl2FN3O2S/c1-25(18(26)11-28-10-13-15(21)7-4-8-16(13)22)9-17-23-19(24-27-17)12-5-2-3-6-14(12)20/h2-8H,9-11H2,1H3. The fraction of sp³-hybridized carbons (Fsp3) is 0.211. The molecule has 9 heteroatoms. The summed E-state index contributed by atoms with van der Waals surface area (Å²) in [6.45, 7) is 0.164. The zero-order valence-corrected chi connectivity index (χ0v) is 17.2. The van der Waals surface area contributed by atoms with E-state index in [1.54, 1.807) is 31.3 Å². The molecule has 0 aliphatic carbocycles. The van der Waals surface area contributed by atoms with Gasteiger partial charge in [-0.05, 0) is 24.3 Å². The molecule has 1 aromatic heterocycles. The summed E-state index contributed by atoms with van der Waals surface area (Å²) in [5, 5.41) is 4.78. The Morgan fingerprint density at radius 3 is 2.68 bits per heavy atom. The molecule has 28 heavy (non-hydrogen) atoms. The molecule has 3 rings (SSSR count). The van der Waals surface area contributed by atoms with Gasteiger partial charge in [-0.3, -0.25) is 4.79 Å². The number of thioether (sulfide) groups is 1. The molecular weight excluding hydrogens is 424 g/mol. The predicted octanol–water partition coefficient (Wildman–Crippen LogP) is 5.07. The van der Waals surface area contributed by atoms with Crippen molar-refractivity contribution in [2.45, 2.75) is 12.3 Å². The predicted molar refractivity (Wildman–Crippen MR) is 109 cm³/mol. The van der Waals surface area contributed by atoms with Crippen LogP contribution in [0.25, 0.3) is 11.4 Å². The van der Waals surface area contributed by atoms with Crippen LogP contribution >= 0.6 is 35.0 Å². The Morgan fingerprint density at radius 2 is 1.93 bits per heavy atom. The van der Waals surface area contributed by atoms with Crippen molar-refractivity contribution in [3.63, 3.8) is 0 Å². The first kappa shape index (κ1) is 20.6. The molecule has 0 bridgehead atoms. The van der Waals surface area contributed by atoms with E-state index in [0.717, 1.165) is 0 Å². The Hall–Kier alpha value is -2.09. The van der Waals surface area contributed by atoms with Gasteiger partial charge in [-0.25, -0.2) is 4.39 Å². The van der Waals surface area contributed by atoms with E-state index in [1.165, 1.54) is 22.7 Å². The lowest BCUT2D eigenvalue weighted by Gasteiger charge is -2.14. The Labute approximate surface area is 175 Å². The average molecular weight is 440 g/mol. The lowest BCUT2D eigenvalue weighted by atomic mass is 10.2. The largest absolute Gasteiger partial charge is 0.337 e. The second kappa shape index (κ2) is 9.41. The number of hydrogen-bond donors (Lipinski definition) is 0. The quantitative estimate of drug-likeness (QED) is 0.513. The number of carbonyl (C=O) groups is 1. The lowest BCUT2D eigenvalue weighted by Crippen LogP contribution is -2.28. The SMILES string of the molecule is CN(Cc1nc(-c2ccccc2Cl)no1)C(=O)CSCc1c(F)cccc1Cl. The van der Waals surface area contributed by atoms with Gasteiger partial charge in [-0.1, -0.05) is 46.6 Å². The number of halogens is 3. The number of rotatable bonds is 7. The maximum Gasteiger partial charge on any atom is 0.246 e. The van der Waals surface area contributed by atoms with Crippen LogP contribution in [0.15, 0.2) is 47.0 Å². The van der Waals surface area contributed by atoms with Crippen molar-refractivity contribution < 1.29 is 13.7 Å². The van der Waals surface area contributed by atoms with E-state index >= 15 is 0 Å². The molecule has 1 heterocycles. The van der Waals surface area contributed by atoms with E-state index < -0.39 is 0 Å². The second-order valence-electron chi connectivity index (χ2n) is 5.93. The van der Waals surface area contributed by atoms with Gasteiger partial charge in [0.25, 0.3) is 0 Å². The molecule has 5 nitrogen and oxygen atoms in total. The van der Waals surface area contributed by atoms with Crippen LogP contribution in [0.5, 0.6) is 0 Å². The third-order valence-electron chi connectivity index (χ3n) is 3.91. The monoisotopic (exact) mass is 439 g/mol. The molecular formula is C19H16Cl2FN3O2S. The van der Waals surface area contributed by atoms with Gasteiger partial charge in [-0.2, -0.15) is 4.98 Å². The van der Waals surface area contributed by atoms with E-state index in [1.807, 2.05) is 12.1 Å². The van der Waals surface area contributed by atoms with Gasteiger partial charge in [0, 0.05) is 29.0 Å². The molecule has 0 aliphatic heterocycles.